The fraction of sp³-hybridized carbons (Fsp3) is 0.308. The van der Waals surface area contributed by atoms with Crippen LogP contribution in [-0.2, 0) is 13.5 Å². The molecule has 3 nitrogen and oxygen atoms in total. The van der Waals surface area contributed by atoms with E-state index in [0.717, 1.165) is 39.2 Å². The van der Waals surface area contributed by atoms with Gasteiger partial charge in [-0.2, -0.15) is 5.10 Å². The van der Waals surface area contributed by atoms with Gasteiger partial charge >= 0.3 is 0 Å². The highest BCUT2D eigenvalue weighted by Gasteiger charge is 2.13. The van der Waals surface area contributed by atoms with E-state index < -0.39 is 0 Å². The number of anilines is 1. The van der Waals surface area contributed by atoms with Crippen LogP contribution in [0.1, 0.15) is 19.0 Å². The van der Waals surface area contributed by atoms with Crippen molar-refractivity contribution in [2.45, 2.75) is 29.7 Å². The fourth-order valence-corrected chi connectivity index (χ4v) is 2.97. The second kappa shape index (κ2) is 5.67. The lowest BCUT2D eigenvalue weighted by Crippen LogP contribution is -1.93. The number of aromatic nitrogens is 2. The first-order valence-electron chi connectivity index (χ1n) is 5.86. The molecule has 0 aliphatic heterocycles. The molecule has 2 rings (SSSR count). The predicted molar refractivity (Wildman–Crippen MR) is 77.2 cm³/mol. The lowest BCUT2D eigenvalue weighted by Gasteiger charge is -2.03. The average Bonchev–Trinajstić information content (AvgIpc) is 2.58. The molecule has 5 heteroatoms. The molecular weight excluding hydrogens is 266 g/mol. The van der Waals surface area contributed by atoms with E-state index >= 15 is 0 Å². The van der Waals surface area contributed by atoms with Crippen LogP contribution in [0, 0.1) is 0 Å². The molecular formula is C13H16ClN3S. The summed E-state index contributed by atoms with van der Waals surface area (Å²) < 4.78 is 1.84. The van der Waals surface area contributed by atoms with E-state index in [0.29, 0.717) is 0 Å². The smallest absolute Gasteiger partial charge is 0.122 e. The molecule has 1 aromatic carbocycles. The van der Waals surface area contributed by atoms with Crippen LogP contribution in [0.2, 0.25) is 5.02 Å². The first-order valence-corrected chi connectivity index (χ1v) is 7.06. The molecule has 2 aromatic rings. The Morgan fingerprint density at radius 2 is 2.22 bits per heavy atom. The standard InChI is InChI=1S/C13H16ClN3S/c1-3-5-11-12(15)13(17(2)16-11)18-10-7-4-6-9(14)8-10/h4,6-8H,3,5,15H2,1-2H3. The van der Waals surface area contributed by atoms with E-state index in [1.807, 2.05) is 36.0 Å². The maximum Gasteiger partial charge on any atom is 0.122 e. The summed E-state index contributed by atoms with van der Waals surface area (Å²) in [5, 5.41) is 6.16. The van der Waals surface area contributed by atoms with E-state index in [4.69, 9.17) is 17.3 Å². The molecule has 0 saturated heterocycles. The van der Waals surface area contributed by atoms with Crippen molar-refractivity contribution in [3.63, 3.8) is 0 Å². The van der Waals surface area contributed by atoms with Crippen LogP contribution in [0.3, 0.4) is 0 Å². The molecule has 0 fully saturated rings. The average molecular weight is 282 g/mol. The highest BCUT2D eigenvalue weighted by molar-refractivity contribution is 7.99. The molecule has 0 aliphatic carbocycles. The minimum absolute atomic E-state index is 0.731. The zero-order chi connectivity index (χ0) is 13.1. The molecule has 96 valence electrons. The number of hydrogen-bond acceptors (Lipinski definition) is 3. The predicted octanol–water partition coefficient (Wildman–Crippen LogP) is 3.76. The molecule has 0 saturated carbocycles. The van der Waals surface area contributed by atoms with Gasteiger partial charge in [0.1, 0.15) is 5.03 Å². The Morgan fingerprint density at radius 3 is 2.89 bits per heavy atom. The Bertz CT molecular complexity index is 551. The van der Waals surface area contributed by atoms with Crippen molar-refractivity contribution in [3.05, 3.63) is 35.0 Å². The second-order valence-corrected chi connectivity index (χ2v) is 5.60. The molecule has 0 amide bonds. The van der Waals surface area contributed by atoms with Gasteiger partial charge < -0.3 is 5.73 Å². The van der Waals surface area contributed by atoms with E-state index in [1.54, 1.807) is 11.8 Å². The van der Waals surface area contributed by atoms with Crippen molar-refractivity contribution < 1.29 is 0 Å². The number of aryl methyl sites for hydroxylation is 2. The number of benzene rings is 1. The topological polar surface area (TPSA) is 43.8 Å². The van der Waals surface area contributed by atoms with E-state index in [1.165, 1.54) is 0 Å². The number of nitrogen functional groups attached to an aromatic ring is 1. The van der Waals surface area contributed by atoms with Gasteiger partial charge in [-0.05, 0) is 24.6 Å². The summed E-state index contributed by atoms with van der Waals surface area (Å²) in [6.07, 6.45) is 1.96. The van der Waals surface area contributed by atoms with Gasteiger partial charge in [0, 0.05) is 17.0 Å². The molecule has 0 aliphatic rings. The second-order valence-electron chi connectivity index (χ2n) is 4.10. The highest BCUT2D eigenvalue weighted by atomic mass is 35.5. The molecule has 0 unspecified atom stereocenters. The zero-order valence-corrected chi connectivity index (χ0v) is 12.1. The van der Waals surface area contributed by atoms with Crippen molar-refractivity contribution in [1.82, 2.24) is 9.78 Å². The summed E-state index contributed by atoms with van der Waals surface area (Å²) in [6, 6.07) is 7.74. The zero-order valence-electron chi connectivity index (χ0n) is 10.5. The summed E-state index contributed by atoms with van der Waals surface area (Å²) in [5.74, 6) is 0. The molecule has 0 spiro atoms. The fourth-order valence-electron chi connectivity index (χ4n) is 1.76. The molecule has 18 heavy (non-hydrogen) atoms. The van der Waals surface area contributed by atoms with Gasteiger partial charge in [-0.3, -0.25) is 4.68 Å². The van der Waals surface area contributed by atoms with Crippen LogP contribution in [-0.4, -0.2) is 9.78 Å². The minimum Gasteiger partial charge on any atom is -0.395 e. The van der Waals surface area contributed by atoms with Gasteiger partial charge in [-0.1, -0.05) is 42.8 Å². The Hall–Kier alpha value is -1.13. The molecule has 0 atom stereocenters. The van der Waals surface area contributed by atoms with E-state index in [9.17, 15) is 0 Å². The Labute approximate surface area is 116 Å². The Balaban J connectivity index is 2.29. The van der Waals surface area contributed by atoms with Crippen molar-refractivity contribution >= 4 is 29.1 Å². The summed E-state index contributed by atoms with van der Waals surface area (Å²) in [6.45, 7) is 2.12. The molecule has 1 heterocycles. The lowest BCUT2D eigenvalue weighted by atomic mass is 10.2. The number of halogens is 1. The SMILES string of the molecule is CCCc1nn(C)c(Sc2cccc(Cl)c2)c1N. The van der Waals surface area contributed by atoms with Gasteiger partial charge in [-0.15, -0.1) is 0 Å². The third kappa shape index (κ3) is 2.82. The van der Waals surface area contributed by atoms with Crippen LogP contribution in [0.15, 0.2) is 34.2 Å². The van der Waals surface area contributed by atoms with Crippen LogP contribution in [0.5, 0.6) is 0 Å². The van der Waals surface area contributed by atoms with Gasteiger partial charge in [0.05, 0.1) is 11.4 Å². The lowest BCUT2D eigenvalue weighted by molar-refractivity contribution is 0.682. The van der Waals surface area contributed by atoms with Crippen LogP contribution >= 0.6 is 23.4 Å². The molecule has 0 bridgehead atoms. The monoisotopic (exact) mass is 281 g/mol. The number of nitrogens with zero attached hydrogens (tertiary/aromatic N) is 2. The van der Waals surface area contributed by atoms with Gasteiger partial charge in [-0.25, -0.2) is 0 Å². The third-order valence-electron chi connectivity index (χ3n) is 2.60. The minimum atomic E-state index is 0.731. The first kappa shape index (κ1) is 13.3. The number of nitrogens with two attached hydrogens (primary N) is 1. The van der Waals surface area contributed by atoms with Gasteiger partial charge in [0.15, 0.2) is 0 Å². The highest BCUT2D eigenvalue weighted by Crippen LogP contribution is 2.34. The first-order chi connectivity index (χ1) is 8.61. The number of hydrogen-bond donors (Lipinski definition) is 1. The summed E-state index contributed by atoms with van der Waals surface area (Å²) in [7, 11) is 1.92. The molecule has 1 aromatic heterocycles. The summed E-state index contributed by atoms with van der Waals surface area (Å²) in [5.41, 5.74) is 7.90. The summed E-state index contributed by atoms with van der Waals surface area (Å²) in [4.78, 5) is 1.07. The van der Waals surface area contributed by atoms with Crippen molar-refractivity contribution in [1.29, 1.82) is 0 Å². The van der Waals surface area contributed by atoms with Crippen molar-refractivity contribution in [2.24, 2.45) is 7.05 Å². The van der Waals surface area contributed by atoms with Crippen molar-refractivity contribution in [3.8, 4) is 0 Å². The quantitative estimate of drug-likeness (QED) is 0.928. The maximum absolute atomic E-state index is 6.14. The third-order valence-corrected chi connectivity index (χ3v) is 4.01. The summed E-state index contributed by atoms with van der Waals surface area (Å²) >= 11 is 7.57. The Morgan fingerprint density at radius 1 is 1.44 bits per heavy atom. The normalized spacial score (nSPS) is 10.8. The largest absolute Gasteiger partial charge is 0.395 e. The Kier molecular flexibility index (Phi) is 4.19. The van der Waals surface area contributed by atoms with Crippen LogP contribution in [0.4, 0.5) is 5.69 Å². The van der Waals surface area contributed by atoms with E-state index in [2.05, 4.69) is 12.0 Å². The molecule has 0 radical (unpaired) electrons. The molecule has 2 N–H and O–H groups in total. The van der Waals surface area contributed by atoms with Gasteiger partial charge in [0.25, 0.3) is 0 Å². The van der Waals surface area contributed by atoms with Crippen LogP contribution in [0.25, 0.3) is 0 Å². The van der Waals surface area contributed by atoms with Crippen LogP contribution < -0.4 is 5.73 Å². The van der Waals surface area contributed by atoms with Gasteiger partial charge in [0.2, 0.25) is 0 Å². The maximum atomic E-state index is 6.14. The van der Waals surface area contributed by atoms with E-state index in [-0.39, 0.29) is 0 Å². The number of rotatable bonds is 4. The van der Waals surface area contributed by atoms with Crippen molar-refractivity contribution in [2.75, 3.05) is 5.73 Å².